The highest BCUT2D eigenvalue weighted by Gasteiger charge is 2.11. The average molecular weight is 234 g/mol. The van der Waals surface area contributed by atoms with Gasteiger partial charge >= 0.3 is 0 Å². The number of pyridine rings is 1. The lowest BCUT2D eigenvalue weighted by molar-refractivity contribution is 0.481. The maximum absolute atomic E-state index is 11.7. The van der Waals surface area contributed by atoms with Gasteiger partial charge in [0, 0.05) is 18.0 Å². The number of aryl methyl sites for hydroxylation is 1. The maximum Gasteiger partial charge on any atom is 0.253 e. The monoisotopic (exact) mass is 234 g/mol. The van der Waals surface area contributed by atoms with Crippen molar-refractivity contribution < 1.29 is 4.42 Å². The van der Waals surface area contributed by atoms with Gasteiger partial charge in [0.15, 0.2) is 5.43 Å². The Bertz CT molecular complexity index is 559. The molecule has 0 aromatic carbocycles. The molecule has 6 heteroatoms. The van der Waals surface area contributed by atoms with Crippen molar-refractivity contribution in [2.24, 2.45) is 0 Å². The molecule has 0 aliphatic carbocycles. The van der Waals surface area contributed by atoms with E-state index >= 15 is 0 Å². The summed E-state index contributed by atoms with van der Waals surface area (Å²) >= 11 is 0. The van der Waals surface area contributed by atoms with Crippen molar-refractivity contribution in [1.29, 1.82) is 0 Å². The molecule has 90 valence electrons. The number of H-pyrrole nitrogens is 1. The summed E-state index contributed by atoms with van der Waals surface area (Å²) in [4.78, 5) is 14.6. The minimum atomic E-state index is -0.125. The molecule has 2 N–H and O–H groups in total. The molecular formula is C11H14N4O2. The fraction of sp³-hybridized carbons (Fsp3) is 0.364. The van der Waals surface area contributed by atoms with Crippen LogP contribution in [0.25, 0.3) is 11.5 Å². The SMILES string of the molecule is CCNCc1nnc(-c2c[nH]c(C)cc2=O)o1. The minimum absolute atomic E-state index is 0.125. The second kappa shape index (κ2) is 4.92. The Kier molecular flexibility index (Phi) is 3.34. The Morgan fingerprint density at radius 2 is 2.29 bits per heavy atom. The van der Waals surface area contributed by atoms with Gasteiger partial charge in [0.1, 0.15) is 5.56 Å². The van der Waals surface area contributed by atoms with E-state index in [0.29, 0.717) is 18.0 Å². The zero-order valence-corrected chi connectivity index (χ0v) is 9.78. The summed E-state index contributed by atoms with van der Waals surface area (Å²) in [6, 6.07) is 1.50. The molecule has 6 nitrogen and oxygen atoms in total. The molecule has 2 rings (SSSR count). The van der Waals surface area contributed by atoms with E-state index in [2.05, 4.69) is 20.5 Å². The molecule has 2 aromatic rings. The Morgan fingerprint density at radius 3 is 3.00 bits per heavy atom. The third-order valence-corrected chi connectivity index (χ3v) is 2.28. The molecule has 0 saturated carbocycles. The zero-order chi connectivity index (χ0) is 12.3. The number of hydrogen-bond donors (Lipinski definition) is 2. The number of rotatable bonds is 4. The lowest BCUT2D eigenvalue weighted by Crippen LogP contribution is -2.11. The molecule has 17 heavy (non-hydrogen) atoms. The van der Waals surface area contributed by atoms with Crippen LogP contribution in [-0.2, 0) is 6.54 Å². The van der Waals surface area contributed by atoms with Gasteiger partial charge in [-0.15, -0.1) is 10.2 Å². The second-order valence-electron chi connectivity index (χ2n) is 3.68. The van der Waals surface area contributed by atoms with Crippen molar-refractivity contribution in [2.45, 2.75) is 20.4 Å². The fourth-order valence-electron chi connectivity index (χ4n) is 1.41. The molecular weight excluding hydrogens is 220 g/mol. The molecule has 0 spiro atoms. The number of aromatic amines is 1. The lowest BCUT2D eigenvalue weighted by Gasteiger charge is -1.96. The summed E-state index contributed by atoms with van der Waals surface area (Å²) in [6.45, 7) is 5.13. The first-order valence-corrected chi connectivity index (χ1v) is 5.43. The van der Waals surface area contributed by atoms with Crippen molar-refractivity contribution in [1.82, 2.24) is 20.5 Å². The van der Waals surface area contributed by atoms with Crippen molar-refractivity contribution >= 4 is 0 Å². The standard InChI is InChI=1S/C11H14N4O2/c1-3-12-6-10-14-15-11(17-10)8-5-13-7(2)4-9(8)16/h4-5,12H,3,6H2,1-2H3,(H,13,16). The van der Waals surface area contributed by atoms with Crippen molar-refractivity contribution in [2.75, 3.05) is 6.54 Å². The molecule has 0 aliphatic rings. The number of nitrogens with one attached hydrogen (secondary N) is 2. The lowest BCUT2D eigenvalue weighted by atomic mass is 10.2. The van der Waals surface area contributed by atoms with Crippen molar-refractivity contribution in [3.63, 3.8) is 0 Å². The first-order valence-electron chi connectivity index (χ1n) is 5.43. The highest BCUT2D eigenvalue weighted by Crippen LogP contribution is 2.12. The third kappa shape index (κ3) is 2.59. The van der Waals surface area contributed by atoms with Crippen LogP contribution >= 0.6 is 0 Å². The Labute approximate surface area is 98.1 Å². The summed E-state index contributed by atoms with van der Waals surface area (Å²) < 4.78 is 5.39. The van der Waals surface area contributed by atoms with Crippen LogP contribution in [0.1, 0.15) is 18.5 Å². The van der Waals surface area contributed by atoms with Gasteiger partial charge < -0.3 is 14.7 Å². The van der Waals surface area contributed by atoms with Crippen LogP contribution in [0.4, 0.5) is 0 Å². The zero-order valence-electron chi connectivity index (χ0n) is 9.78. The van der Waals surface area contributed by atoms with Crippen LogP contribution in [0.3, 0.4) is 0 Å². The van der Waals surface area contributed by atoms with Gasteiger partial charge in [-0.3, -0.25) is 4.79 Å². The quantitative estimate of drug-likeness (QED) is 0.819. The van der Waals surface area contributed by atoms with Crippen LogP contribution in [-0.4, -0.2) is 21.7 Å². The molecule has 0 saturated heterocycles. The van der Waals surface area contributed by atoms with E-state index in [4.69, 9.17) is 4.42 Å². The van der Waals surface area contributed by atoms with E-state index in [0.717, 1.165) is 12.2 Å². The van der Waals surface area contributed by atoms with Crippen molar-refractivity contribution in [3.8, 4) is 11.5 Å². The van der Waals surface area contributed by atoms with Gasteiger partial charge in [-0.25, -0.2) is 0 Å². The van der Waals surface area contributed by atoms with Crippen LogP contribution in [0, 0.1) is 6.92 Å². The van der Waals surface area contributed by atoms with Gasteiger partial charge in [0.2, 0.25) is 5.89 Å². The van der Waals surface area contributed by atoms with Gasteiger partial charge in [0.25, 0.3) is 5.89 Å². The third-order valence-electron chi connectivity index (χ3n) is 2.28. The summed E-state index contributed by atoms with van der Waals surface area (Å²) in [7, 11) is 0. The molecule has 2 aromatic heterocycles. The predicted molar refractivity (Wildman–Crippen MR) is 62.5 cm³/mol. The van der Waals surface area contributed by atoms with Gasteiger partial charge in [-0.05, 0) is 13.5 Å². The van der Waals surface area contributed by atoms with E-state index in [1.165, 1.54) is 6.07 Å². The molecule has 0 atom stereocenters. The Hall–Kier alpha value is -1.95. The summed E-state index contributed by atoms with van der Waals surface area (Å²) in [5, 5.41) is 10.8. The smallest absolute Gasteiger partial charge is 0.253 e. The van der Waals surface area contributed by atoms with Crippen LogP contribution in [0.2, 0.25) is 0 Å². The van der Waals surface area contributed by atoms with Crippen LogP contribution < -0.4 is 10.7 Å². The summed E-state index contributed by atoms with van der Waals surface area (Å²) in [6.07, 6.45) is 1.59. The van der Waals surface area contributed by atoms with E-state index < -0.39 is 0 Å². The highest BCUT2D eigenvalue weighted by atomic mass is 16.4. The van der Waals surface area contributed by atoms with E-state index in [9.17, 15) is 4.79 Å². The van der Waals surface area contributed by atoms with Gasteiger partial charge in [-0.1, -0.05) is 6.92 Å². The first kappa shape index (κ1) is 11.5. The normalized spacial score (nSPS) is 10.7. The molecule has 0 fully saturated rings. The maximum atomic E-state index is 11.7. The summed E-state index contributed by atoms with van der Waals surface area (Å²) in [5.41, 5.74) is 1.07. The topological polar surface area (TPSA) is 83.8 Å². The minimum Gasteiger partial charge on any atom is -0.419 e. The molecule has 0 amide bonds. The molecule has 0 unspecified atom stereocenters. The van der Waals surface area contributed by atoms with Gasteiger partial charge in [0.05, 0.1) is 6.54 Å². The number of aromatic nitrogens is 3. The first-order chi connectivity index (χ1) is 8.20. The fourth-order valence-corrected chi connectivity index (χ4v) is 1.41. The molecule has 2 heterocycles. The van der Waals surface area contributed by atoms with E-state index in [1.807, 2.05) is 13.8 Å². The van der Waals surface area contributed by atoms with Crippen LogP contribution in [0.15, 0.2) is 21.5 Å². The second-order valence-corrected chi connectivity index (χ2v) is 3.68. The number of nitrogens with zero attached hydrogens (tertiary/aromatic N) is 2. The highest BCUT2D eigenvalue weighted by molar-refractivity contribution is 5.50. The van der Waals surface area contributed by atoms with E-state index in [-0.39, 0.29) is 11.3 Å². The molecule has 0 aliphatic heterocycles. The molecule has 0 bridgehead atoms. The Morgan fingerprint density at radius 1 is 1.47 bits per heavy atom. The van der Waals surface area contributed by atoms with Gasteiger partial charge in [-0.2, -0.15) is 0 Å². The van der Waals surface area contributed by atoms with Crippen molar-refractivity contribution in [3.05, 3.63) is 34.1 Å². The number of hydrogen-bond acceptors (Lipinski definition) is 5. The van der Waals surface area contributed by atoms with E-state index in [1.54, 1.807) is 6.20 Å². The predicted octanol–water partition coefficient (Wildman–Crippen LogP) is 0.843. The Balaban J connectivity index is 2.27. The largest absolute Gasteiger partial charge is 0.419 e. The van der Waals surface area contributed by atoms with Crippen LogP contribution in [0.5, 0.6) is 0 Å². The molecule has 0 radical (unpaired) electrons. The summed E-state index contributed by atoms with van der Waals surface area (Å²) in [5.74, 6) is 0.723. The average Bonchev–Trinajstić information content (AvgIpc) is 2.75.